The summed E-state index contributed by atoms with van der Waals surface area (Å²) in [6.07, 6.45) is 1.20. The lowest BCUT2D eigenvalue weighted by Crippen LogP contribution is -1.80. The average molecular weight is 265 g/mol. The van der Waals surface area contributed by atoms with E-state index in [1.807, 2.05) is 0 Å². The number of hydrogen-bond acceptors (Lipinski definition) is 2. The van der Waals surface area contributed by atoms with Crippen molar-refractivity contribution >= 4 is 32.2 Å². The molecular formula is C8H6BrFO2S. The standard InChI is InChI=1S/C8H6BrFO2S/c9-8-3-1-7(2-4-8)5-6-13(10,11)12/h1-6H. The van der Waals surface area contributed by atoms with Crippen LogP contribution in [0.3, 0.4) is 0 Å². The zero-order valence-corrected chi connectivity index (χ0v) is 8.85. The highest BCUT2D eigenvalue weighted by Gasteiger charge is 1.98. The fraction of sp³-hybridized carbons (Fsp3) is 0. The topological polar surface area (TPSA) is 34.1 Å². The van der Waals surface area contributed by atoms with Crippen molar-refractivity contribution in [1.82, 2.24) is 0 Å². The van der Waals surface area contributed by atoms with E-state index in [9.17, 15) is 12.3 Å². The minimum absolute atomic E-state index is 0.524. The zero-order valence-electron chi connectivity index (χ0n) is 6.44. The molecule has 5 heteroatoms. The molecule has 0 aliphatic carbocycles. The Bertz CT molecular complexity index is 408. The quantitative estimate of drug-likeness (QED) is 0.770. The van der Waals surface area contributed by atoms with Crippen LogP contribution in [0.25, 0.3) is 6.08 Å². The minimum atomic E-state index is -4.52. The Hall–Kier alpha value is -0.680. The van der Waals surface area contributed by atoms with Gasteiger partial charge in [-0.3, -0.25) is 0 Å². The molecule has 0 radical (unpaired) electrons. The molecule has 0 heterocycles. The van der Waals surface area contributed by atoms with Gasteiger partial charge in [-0.2, -0.15) is 8.42 Å². The molecule has 0 bridgehead atoms. The van der Waals surface area contributed by atoms with E-state index in [0.717, 1.165) is 4.47 Å². The molecule has 0 aliphatic rings. The van der Waals surface area contributed by atoms with Crippen molar-refractivity contribution in [2.75, 3.05) is 0 Å². The van der Waals surface area contributed by atoms with Crippen LogP contribution in [0.2, 0.25) is 0 Å². The zero-order chi connectivity index (χ0) is 9.90. The third-order valence-electron chi connectivity index (χ3n) is 1.29. The smallest absolute Gasteiger partial charge is 0.190 e. The molecule has 13 heavy (non-hydrogen) atoms. The molecule has 0 atom stereocenters. The first-order valence-corrected chi connectivity index (χ1v) is 5.60. The number of rotatable bonds is 2. The van der Waals surface area contributed by atoms with Crippen molar-refractivity contribution in [3.05, 3.63) is 39.7 Å². The van der Waals surface area contributed by atoms with E-state index >= 15 is 0 Å². The summed E-state index contributed by atoms with van der Waals surface area (Å²) in [6, 6.07) is 6.83. The Morgan fingerprint density at radius 1 is 1.23 bits per heavy atom. The molecule has 0 aliphatic heterocycles. The van der Waals surface area contributed by atoms with Crippen LogP contribution in [0.4, 0.5) is 3.89 Å². The fourth-order valence-electron chi connectivity index (χ4n) is 0.734. The van der Waals surface area contributed by atoms with Crippen molar-refractivity contribution in [1.29, 1.82) is 0 Å². The lowest BCUT2D eigenvalue weighted by molar-refractivity contribution is 0.563. The molecule has 2 nitrogen and oxygen atoms in total. The Balaban J connectivity index is 2.88. The van der Waals surface area contributed by atoms with Gasteiger partial charge in [0.05, 0.1) is 5.41 Å². The molecule has 0 spiro atoms. The molecule has 1 aromatic rings. The van der Waals surface area contributed by atoms with E-state index in [1.165, 1.54) is 6.08 Å². The van der Waals surface area contributed by atoms with Crippen LogP contribution in [0.15, 0.2) is 34.1 Å². The van der Waals surface area contributed by atoms with E-state index in [2.05, 4.69) is 15.9 Å². The summed E-state index contributed by atoms with van der Waals surface area (Å²) in [4.78, 5) is 0. The molecule has 70 valence electrons. The fourth-order valence-corrected chi connectivity index (χ4v) is 1.32. The first-order chi connectivity index (χ1) is 5.97. The van der Waals surface area contributed by atoms with Crippen molar-refractivity contribution in [2.24, 2.45) is 0 Å². The minimum Gasteiger partial charge on any atom is -0.190 e. The van der Waals surface area contributed by atoms with Crippen LogP contribution < -0.4 is 0 Å². The highest BCUT2D eigenvalue weighted by molar-refractivity contribution is 9.10. The molecule has 0 amide bonds. The molecule has 0 fully saturated rings. The third-order valence-corrected chi connectivity index (χ3v) is 2.28. The number of benzene rings is 1. The maximum atomic E-state index is 12.0. The van der Waals surface area contributed by atoms with E-state index in [1.54, 1.807) is 24.3 Å². The normalized spacial score (nSPS) is 12.2. The predicted octanol–water partition coefficient (Wildman–Crippen LogP) is 2.72. The van der Waals surface area contributed by atoms with Gasteiger partial charge in [0.15, 0.2) is 0 Å². The second-order valence-corrected chi connectivity index (χ2v) is 4.47. The van der Waals surface area contributed by atoms with Crippen molar-refractivity contribution in [3.8, 4) is 0 Å². The van der Waals surface area contributed by atoms with Gasteiger partial charge >= 0.3 is 10.2 Å². The van der Waals surface area contributed by atoms with E-state index in [0.29, 0.717) is 11.0 Å². The van der Waals surface area contributed by atoms with Gasteiger partial charge in [-0.05, 0) is 23.8 Å². The maximum Gasteiger partial charge on any atom is 0.325 e. The van der Waals surface area contributed by atoms with Crippen LogP contribution in [0, 0.1) is 0 Å². The molecule has 0 saturated heterocycles. The van der Waals surface area contributed by atoms with Gasteiger partial charge in [-0.15, -0.1) is 3.89 Å². The summed E-state index contributed by atoms with van der Waals surface area (Å²) in [7, 11) is -4.52. The summed E-state index contributed by atoms with van der Waals surface area (Å²) in [5.74, 6) is 0. The van der Waals surface area contributed by atoms with Crippen LogP contribution in [-0.4, -0.2) is 8.42 Å². The van der Waals surface area contributed by atoms with E-state index in [4.69, 9.17) is 0 Å². The first kappa shape index (κ1) is 10.4. The number of hydrogen-bond donors (Lipinski definition) is 0. The maximum absolute atomic E-state index is 12.0. The van der Waals surface area contributed by atoms with Crippen LogP contribution >= 0.6 is 15.9 Å². The Morgan fingerprint density at radius 3 is 2.23 bits per heavy atom. The molecule has 0 saturated carbocycles. The largest absolute Gasteiger partial charge is 0.325 e. The monoisotopic (exact) mass is 264 g/mol. The third kappa shape index (κ3) is 4.19. The highest BCUT2D eigenvalue weighted by Crippen LogP contribution is 2.12. The van der Waals surface area contributed by atoms with Gasteiger partial charge in [0.2, 0.25) is 0 Å². The summed E-state index contributed by atoms with van der Waals surface area (Å²) < 4.78 is 33.1. The van der Waals surface area contributed by atoms with Gasteiger partial charge in [0, 0.05) is 4.47 Å². The van der Waals surface area contributed by atoms with Gasteiger partial charge in [0.25, 0.3) is 0 Å². The summed E-state index contributed by atoms with van der Waals surface area (Å²) in [6.45, 7) is 0. The van der Waals surface area contributed by atoms with Crippen LogP contribution in [0.1, 0.15) is 5.56 Å². The highest BCUT2D eigenvalue weighted by atomic mass is 79.9. The van der Waals surface area contributed by atoms with Crippen LogP contribution in [-0.2, 0) is 10.2 Å². The second-order valence-electron chi connectivity index (χ2n) is 2.33. The SMILES string of the molecule is O=S(=O)(F)C=Cc1ccc(Br)cc1. The van der Waals surface area contributed by atoms with Crippen LogP contribution in [0.5, 0.6) is 0 Å². The lowest BCUT2D eigenvalue weighted by Gasteiger charge is -1.91. The second kappa shape index (κ2) is 4.02. The van der Waals surface area contributed by atoms with Gasteiger partial charge in [-0.25, -0.2) is 0 Å². The van der Waals surface area contributed by atoms with Crippen molar-refractivity contribution in [3.63, 3.8) is 0 Å². The van der Waals surface area contributed by atoms with Gasteiger partial charge in [0.1, 0.15) is 0 Å². The summed E-state index contributed by atoms with van der Waals surface area (Å²) in [5, 5.41) is 0.524. The van der Waals surface area contributed by atoms with E-state index in [-0.39, 0.29) is 0 Å². The molecule has 1 aromatic carbocycles. The molecule has 1 rings (SSSR count). The van der Waals surface area contributed by atoms with Gasteiger partial charge in [-0.1, -0.05) is 28.1 Å². The summed E-state index contributed by atoms with van der Waals surface area (Å²) >= 11 is 3.22. The Labute approximate surface area is 84.4 Å². The number of halogens is 2. The Morgan fingerprint density at radius 2 is 1.77 bits per heavy atom. The van der Waals surface area contributed by atoms with Gasteiger partial charge < -0.3 is 0 Å². The summed E-state index contributed by atoms with van der Waals surface area (Å²) in [5.41, 5.74) is 0.629. The Kier molecular flexibility index (Phi) is 3.22. The lowest BCUT2D eigenvalue weighted by atomic mass is 10.2. The van der Waals surface area contributed by atoms with E-state index < -0.39 is 10.2 Å². The molecule has 0 aromatic heterocycles. The molecule has 0 N–H and O–H groups in total. The van der Waals surface area contributed by atoms with Crippen molar-refractivity contribution in [2.45, 2.75) is 0 Å². The average Bonchev–Trinajstić information content (AvgIpc) is 2.02. The van der Waals surface area contributed by atoms with Crippen molar-refractivity contribution < 1.29 is 12.3 Å². The first-order valence-electron chi connectivity index (χ1n) is 3.36. The predicted molar refractivity (Wildman–Crippen MR) is 53.2 cm³/mol. The molecular weight excluding hydrogens is 259 g/mol. The molecule has 0 unspecified atom stereocenters.